The maximum absolute atomic E-state index is 14.5. The third-order valence-electron chi connectivity index (χ3n) is 14.4. The van der Waals surface area contributed by atoms with E-state index in [0.29, 0.717) is 22.3 Å². The summed E-state index contributed by atoms with van der Waals surface area (Å²) in [6, 6.07) is 10.4. The Hall–Kier alpha value is -7.55. The lowest BCUT2D eigenvalue weighted by molar-refractivity contribution is -0.148. The normalized spacial score (nSPS) is 30.4. The molecule has 3 saturated heterocycles. The molecule has 0 aromatic heterocycles. The van der Waals surface area contributed by atoms with Crippen LogP contribution in [-0.2, 0) is 28.8 Å². The Bertz CT molecular complexity index is 3370. The Morgan fingerprint density at radius 1 is 0.671 bits per heavy atom. The molecule has 15 atom stereocenters. The van der Waals surface area contributed by atoms with Crippen LogP contribution in [0.15, 0.2) is 97.1 Å². The molecule has 0 radical (unpaired) electrons. The molecule has 3 fully saturated rings. The lowest BCUT2D eigenvalue weighted by Crippen LogP contribution is -2.64. The Kier molecular flexibility index (Phi) is 16.1. The molecule has 0 bridgehead atoms. The van der Waals surface area contributed by atoms with Gasteiger partial charge in [0.15, 0.2) is 6.23 Å². The van der Waals surface area contributed by atoms with Crippen molar-refractivity contribution in [2.75, 3.05) is 19.6 Å². The number of nitrogens with one attached hydrogen (secondary N) is 5. The summed E-state index contributed by atoms with van der Waals surface area (Å²) in [6.45, 7) is -4.77. The zero-order valence-corrected chi connectivity index (χ0v) is 44.4. The standard InChI is InChI=1S/C58H73N7O17/c1-5-6-7-24-82-40-22-18-35(19-23-40)33-10-8-32(9-11-33)34-12-14-37(15-13-34)51(74)59-41-26-43(70)54(77)63-56(79)47-48(71)29(2)27-65(47)58(81)45(31(4)67)61-55(78)46(50(73)49(72)36-16-20-38(68)21-17-36)62-53(76)42-25-39(69)28-64(42)57(80)44(30(3)66)60-52(41)75/h8-23,29-31,39,41-50,54,66-73,77H,5-7,24-28H2,1-4H3,(H,59,74)(H,60,75)(H,61,78)(H,62,76)(H,63,79)/t29-,30-,31+,39+,41+,42-,43+,44-,45-,46-,47-,48-,49-,50-,54+/m0/s1/i1D3,5D2,6D2,7D2,24D2. The predicted molar refractivity (Wildman–Crippen MR) is 293 cm³/mol. The number of amides is 7. The van der Waals surface area contributed by atoms with E-state index in [4.69, 9.17) is 19.8 Å². The molecule has 0 unspecified atom stereocenters. The Morgan fingerprint density at radius 3 is 1.78 bits per heavy atom. The molecular formula is C58H73N7O17. The van der Waals surface area contributed by atoms with Gasteiger partial charge in [0.2, 0.25) is 35.4 Å². The third kappa shape index (κ3) is 14.7. The highest BCUT2D eigenvalue weighted by atomic mass is 16.5. The molecule has 3 aliphatic rings. The van der Waals surface area contributed by atoms with Crippen LogP contribution in [0.1, 0.15) is 96.7 Å². The van der Waals surface area contributed by atoms with Crippen molar-refractivity contribution >= 4 is 41.4 Å². The lowest BCUT2D eigenvalue weighted by atomic mass is 9.96. The fourth-order valence-electron chi connectivity index (χ4n) is 9.79. The second kappa shape index (κ2) is 27.5. The van der Waals surface area contributed by atoms with E-state index >= 15 is 0 Å². The minimum Gasteiger partial charge on any atom is -0.508 e. The number of benzene rings is 4. The largest absolute Gasteiger partial charge is 0.508 e. The zero-order chi connectivity index (χ0) is 69.4. The minimum atomic E-state index is -3.92. The predicted octanol–water partition coefficient (Wildman–Crippen LogP) is -0.927. The Labute approximate surface area is 488 Å². The number of rotatable bonds is 14. The fraction of sp³-hybridized carbons (Fsp3) is 0.466. The number of carbonyl (C=O) groups excluding carboxylic acids is 7. The quantitative estimate of drug-likeness (QED) is 0.0726. The minimum absolute atomic E-state index is 0.108. The molecule has 3 heterocycles. The van der Waals surface area contributed by atoms with Gasteiger partial charge in [0.05, 0.1) is 33.7 Å². The van der Waals surface area contributed by atoms with Crippen molar-refractivity contribution in [3.05, 3.63) is 108 Å². The number of hydrogen-bond acceptors (Lipinski definition) is 17. The van der Waals surface area contributed by atoms with Crippen LogP contribution in [-0.4, -0.2) is 196 Å². The molecule has 0 spiro atoms. The number of aliphatic hydroxyl groups is 8. The van der Waals surface area contributed by atoms with Gasteiger partial charge in [0.1, 0.15) is 66.1 Å². The summed E-state index contributed by atoms with van der Waals surface area (Å²) >= 11 is 0. The van der Waals surface area contributed by atoms with Gasteiger partial charge >= 0.3 is 0 Å². The topological polar surface area (TPSA) is 377 Å². The van der Waals surface area contributed by atoms with Crippen molar-refractivity contribution in [3.8, 4) is 33.8 Å². The van der Waals surface area contributed by atoms with Crippen LogP contribution in [0, 0.1) is 5.92 Å². The van der Waals surface area contributed by atoms with Crippen LogP contribution in [0.3, 0.4) is 0 Å². The number of fused-ring (bicyclic) bond motifs is 2. The fourth-order valence-corrected chi connectivity index (χ4v) is 9.79. The monoisotopic (exact) mass is 1150 g/mol. The summed E-state index contributed by atoms with van der Waals surface area (Å²) in [5.41, 5.74) is 2.03. The smallest absolute Gasteiger partial charge is 0.251 e. The molecule has 82 heavy (non-hydrogen) atoms. The number of aromatic hydroxyl groups is 1. The van der Waals surface area contributed by atoms with Gasteiger partial charge in [-0.2, -0.15) is 0 Å². The van der Waals surface area contributed by atoms with Crippen LogP contribution < -0.4 is 31.3 Å². The van der Waals surface area contributed by atoms with Crippen LogP contribution in [0.25, 0.3) is 22.3 Å². The van der Waals surface area contributed by atoms with E-state index in [9.17, 15) is 79.5 Å². The summed E-state index contributed by atoms with van der Waals surface area (Å²) in [5, 5.41) is 111. The van der Waals surface area contributed by atoms with E-state index in [-0.39, 0.29) is 22.6 Å². The van der Waals surface area contributed by atoms with E-state index in [1.165, 1.54) is 67.6 Å². The van der Waals surface area contributed by atoms with E-state index in [1.54, 1.807) is 24.3 Å². The van der Waals surface area contributed by atoms with Crippen molar-refractivity contribution in [3.63, 3.8) is 0 Å². The van der Waals surface area contributed by atoms with Crippen molar-refractivity contribution in [1.82, 2.24) is 36.4 Å². The second-order valence-corrected chi connectivity index (χ2v) is 20.3. The van der Waals surface area contributed by atoms with Crippen LogP contribution in [0.4, 0.5) is 0 Å². The highest BCUT2D eigenvalue weighted by Crippen LogP contribution is 2.30. The first-order valence-corrected chi connectivity index (χ1v) is 26.0. The number of aliphatic hydroxyl groups excluding tert-OH is 8. The third-order valence-corrected chi connectivity index (χ3v) is 14.4. The van der Waals surface area contributed by atoms with Crippen molar-refractivity contribution < 1.29 is 99.3 Å². The summed E-state index contributed by atoms with van der Waals surface area (Å²) in [4.78, 5) is 102. The van der Waals surface area contributed by atoms with Gasteiger partial charge in [0.25, 0.3) is 5.91 Å². The van der Waals surface area contributed by atoms with Gasteiger partial charge in [-0.3, -0.25) is 33.6 Å². The molecule has 0 aliphatic carbocycles. The highest BCUT2D eigenvalue weighted by molar-refractivity contribution is 6.00. The Morgan fingerprint density at radius 2 is 1.21 bits per heavy atom. The zero-order valence-electron chi connectivity index (χ0n) is 55.4. The Balaban J connectivity index is 1.14. The van der Waals surface area contributed by atoms with Gasteiger partial charge < -0.3 is 87.1 Å². The molecule has 0 saturated carbocycles. The lowest BCUT2D eigenvalue weighted by Gasteiger charge is -2.34. The van der Waals surface area contributed by atoms with Crippen LogP contribution in [0.2, 0.25) is 0 Å². The molecular weight excluding hydrogens is 1070 g/mol. The average Bonchev–Trinajstić information content (AvgIpc) is 1.39. The van der Waals surface area contributed by atoms with Crippen LogP contribution in [0.5, 0.6) is 11.5 Å². The summed E-state index contributed by atoms with van der Waals surface area (Å²) in [7, 11) is 0. The van der Waals surface area contributed by atoms with Crippen molar-refractivity contribution in [2.24, 2.45) is 5.92 Å². The molecule has 24 heteroatoms. The average molecular weight is 1150 g/mol. The van der Waals surface area contributed by atoms with E-state index in [1.807, 2.05) is 0 Å². The maximum atomic E-state index is 14.5. The molecule has 4 aromatic carbocycles. The molecule has 3 aliphatic heterocycles. The number of ether oxygens (including phenoxy) is 1. The number of hydrogen-bond donors (Lipinski definition) is 14. The maximum Gasteiger partial charge on any atom is 0.251 e. The first kappa shape index (κ1) is 48.0. The molecule has 4 aromatic rings. The molecule has 442 valence electrons. The molecule has 7 amide bonds. The summed E-state index contributed by atoms with van der Waals surface area (Å²) < 4.78 is 91.9. The van der Waals surface area contributed by atoms with Gasteiger partial charge in [-0.25, -0.2) is 0 Å². The van der Waals surface area contributed by atoms with Gasteiger partial charge in [-0.1, -0.05) is 87.2 Å². The molecule has 14 N–H and O–H groups in total. The van der Waals surface area contributed by atoms with E-state index in [2.05, 4.69) is 26.6 Å². The summed E-state index contributed by atoms with van der Waals surface area (Å²) in [5.74, 6) is -10.3. The van der Waals surface area contributed by atoms with Gasteiger partial charge in [-0.15, -0.1) is 0 Å². The van der Waals surface area contributed by atoms with Crippen molar-refractivity contribution in [2.45, 2.75) is 145 Å². The van der Waals surface area contributed by atoms with Gasteiger partial charge in [-0.05, 0) is 84.4 Å². The van der Waals surface area contributed by atoms with Crippen molar-refractivity contribution in [1.29, 1.82) is 0 Å². The first-order chi connectivity index (χ1) is 43.1. The van der Waals surface area contributed by atoms with Crippen LogP contribution >= 0.6 is 0 Å². The van der Waals surface area contributed by atoms with E-state index < -0.39 is 191 Å². The second-order valence-electron chi connectivity index (χ2n) is 20.3. The highest BCUT2D eigenvalue weighted by Gasteiger charge is 2.50. The first-order valence-electron chi connectivity index (χ1n) is 31.5. The molecule has 24 nitrogen and oxygen atoms in total. The summed E-state index contributed by atoms with van der Waals surface area (Å²) in [6.07, 6.45) is -28.9. The van der Waals surface area contributed by atoms with Gasteiger partial charge in [0, 0.05) is 49.7 Å². The number of nitrogens with zero attached hydrogens (tertiary/aromatic N) is 2. The number of carbonyl (C=O) groups is 7. The number of phenols is 1. The SMILES string of the molecule is [2H]C([2H])([2H])C([2H])([2H])C([2H])([2H])C([2H])([2H])C([2H])([2H])Oc1ccc(-c2ccc(-c3ccc(C(=O)N[C@@H]4C[C@@H](O)[C@@H](O)NC(=O)[C@@H]5[C@@H](O)[C@@H](C)CN5C(=O)[C@H]([C@@H](C)O)NC(=O)[C@H]([C@H](O)[C@@H](O)c5ccc(O)cc5)NC(=O)[C@@H]5C[C@@H](O)CN5C(=O)[C@H]([C@H](C)O)NC4=O)cc3)cc2)cc1. The number of phenolic OH excluding ortho intramolecular Hbond substituents is 1. The molecule has 7 rings (SSSR count). The van der Waals surface area contributed by atoms with E-state index in [0.717, 1.165) is 35.8 Å².